The number of nitrogens with zero attached hydrogens (tertiary/aromatic N) is 1. The fourth-order valence-corrected chi connectivity index (χ4v) is 2.97. The summed E-state index contributed by atoms with van der Waals surface area (Å²) in [7, 11) is 0. The van der Waals surface area contributed by atoms with Crippen molar-refractivity contribution in [2.24, 2.45) is 11.1 Å². The van der Waals surface area contributed by atoms with Crippen molar-refractivity contribution < 1.29 is 0 Å². The molecule has 2 unspecified atom stereocenters. The van der Waals surface area contributed by atoms with Gasteiger partial charge in [0, 0.05) is 23.1 Å². The molecule has 1 rings (SSSR count). The van der Waals surface area contributed by atoms with Crippen molar-refractivity contribution >= 4 is 11.8 Å². The van der Waals surface area contributed by atoms with Gasteiger partial charge < -0.3 is 10.7 Å². The summed E-state index contributed by atoms with van der Waals surface area (Å²) in [5.41, 5.74) is 6.68. The first-order chi connectivity index (χ1) is 7.70. The van der Waals surface area contributed by atoms with E-state index in [-0.39, 0.29) is 22.3 Å². The van der Waals surface area contributed by atoms with Gasteiger partial charge in [-0.1, -0.05) is 32.5 Å². The maximum absolute atomic E-state index is 11.4. The summed E-state index contributed by atoms with van der Waals surface area (Å²) in [4.78, 5) is 18.4. The van der Waals surface area contributed by atoms with Crippen LogP contribution in [0.3, 0.4) is 0 Å². The number of H-pyrrole nitrogens is 1. The Morgan fingerprint density at radius 3 is 2.47 bits per heavy atom. The number of hydrogen-bond acceptors (Lipinski definition) is 4. The minimum Gasteiger partial charge on any atom is -0.327 e. The first-order valence-corrected chi connectivity index (χ1v) is 6.58. The summed E-state index contributed by atoms with van der Waals surface area (Å²) in [6.45, 7) is 10.2. The van der Waals surface area contributed by atoms with Gasteiger partial charge in [0.1, 0.15) is 0 Å². The maximum Gasteiger partial charge on any atom is 0.251 e. The van der Waals surface area contributed by atoms with Crippen LogP contribution in [-0.4, -0.2) is 21.3 Å². The molecule has 3 N–H and O–H groups in total. The second-order valence-electron chi connectivity index (χ2n) is 5.46. The third kappa shape index (κ3) is 4.16. The number of hydrogen-bond donors (Lipinski definition) is 2. The van der Waals surface area contributed by atoms with Crippen molar-refractivity contribution in [2.75, 3.05) is 0 Å². The molecule has 5 heteroatoms. The van der Waals surface area contributed by atoms with Crippen molar-refractivity contribution in [1.29, 1.82) is 0 Å². The largest absolute Gasteiger partial charge is 0.327 e. The number of aromatic nitrogens is 2. The van der Waals surface area contributed by atoms with E-state index in [1.54, 1.807) is 11.8 Å². The number of rotatable bonds is 3. The molecular formula is C12H21N3OS. The lowest BCUT2D eigenvalue weighted by molar-refractivity contribution is 0.363. The van der Waals surface area contributed by atoms with Crippen molar-refractivity contribution in [3.63, 3.8) is 0 Å². The van der Waals surface area contributed by atoms with Gasteiger partial charge in [-0.15, -0.1) is 0 Å². The van der Waals surface area contributed by atoms with Crippen molar-refractivity contribution in [3.8, 4) is 0 Å². The molecule has 0 aliphatic heterocycles. The van der Waals surface area contributed by atoms with Crippen LogP contribution in [0.2, 0.25) is 0 Å². The van der Waals surface area contributed by atoms with Crippen LogP contribution in [0.25, 0.3) is 0 Å². The van der Waals surface area contributed by atoms with E-state index in [1.807, 2.05) is 13.8 Å². The van der Waals surface area contributed by atoms with Gasteiger partial charge in [-0.3, -0.25) is 4.79 Å². The SMILES string of the molecule is Cc1cc(=O)[nH]c(SC(C(C)N)C(C)(C)C)n1. The predicted molar refractivity (Wildman–Crippen MR) is 72.3 cm³/mol. The van der Waals surface area contributed by atoms with Gasteiger partial charge in [-0.05, 0) is 19.3 Å². The Labute approximate surface area is 106 Å². The lowest BCUT2D eigenvalue weighted by Crippen LogP contribution is -2.39. The summed E-state index contributed by atoms with van der Waals surface area (Å²) in [5, 5.41) is 0.847. The van der Waals surface area contributed by atoms with E-state index in [1.165, 1.54) is 6.07 Å². The topological polar surface area (TPSA) is 71.8 Å². The van der Waals surface area contributed by atoms with Gasteiger partial charge in [0.25, 0.3) is 5.56 Å². The summed E-state index contributed by atoms with van der Waals surface area (Å²) >= 11 is 1.54. The predicted octanol–water partition coefficient (Wildman–Crippen LogP) is 1.93. The van der Waals surface area contributed by atoms with Gasteiger partial charge >= 0.3 is 0 Å². The minimum absolute atomic E-state index is 0.0332. The highest BCUT2D eigenvalue weighted by Crippen LogP contribution is 2.35. The first-order valence-electron chi connectivity index (χ1n) is 5.70. The quantitative estimate of drug-likeness (QED) is 0.639. The van der Waals surface area contributed by atoms with Gasteiger partial charge in [0.15, 0.2) is 5.16 Å². The highest BCUT2D eigenvalue weighted by Gasteiger charge is 2.29. The molecule has 0 spiro atoms. The normalized spacial score (nSPS) is 15.6. The average Bonchev–Trinajstić information content (AvgIpc) is 2.10. The number of nitrogens with two attached hydrogens (primary N) is 1. The summed E-state index contributed by atoms with van der Waals surface area (Å²) in [5.74, 6) is 0. The molecule has 2 atom stereocenters. The summed E-state index contributed by atoms with van der Waals surface area (Å²) in [6.07, 6.45) is 0. The Morgan fingerprint density at radius 2 is 2.06 bits per heavy atom. The molecule has 0 saturated heterocycles. The third-order valence-electron chi connectivity index (χ3n) is 2.42. The van der Waals surface area contributed by atoms with E-state index in [2.05, 4.69) is 30.7 Å². The van der Waals surface area contributed by atoms with E-state index in [0.29, 0.717) is 5.16 Å². The van der Waals surface area contributed by atoms with E-state index >= 15 is 0 Å². The Bertz CT molecular complexity index is 434. The lowest BCUT2D eigenvalue weighted by Gasteiger charge is -2.32. The van der Waals surface area contributed by atoms with Crippen LogP contribution < -0.4 is 11.3 Å². The molecule has 17 heavy (non-hydrogen) atoms. The van der Waals surface area contributed by atoms with E-state index < -0.39 is 0 Å². The highest BCUT2D eigenvalue weighted by molar-refractivity contribution is 7.99. The molecule has 0 aliphatic carbocycles. The Balaban J connectivity index is 2.98. The number of aromatic amines is 1. The van der Waals surface area contributed by atoms with Gasteiger partial charge in [0.2, 0.25) is 0 Å². The van der Waals surface area contributed by atoms with Crippen LogP contribution in [0.15, 0.2) is 16.0 Å². The average molecular weight is 255 g/mol. The molecule has 0 amide bonds. The molecule has 0 radical (unpaired) electrons. The third-order valence-corrected chi connectivity index (χ3v) is 4.22. The van der Waals surface area contributed by atoms with Crippen LogP contribution in [0.4, 0.5) is 0 Å². The molecule has 0 aliphatic rings. The minimum atomic E-state index is -0.114. The Kier molecular flexibility index (Phi) is 4.38. The zero-order valence-corrected chi connectivity index (χ0v) is 11.9. The Morgan fingerprint density at radius 1 is 1.47 bits per heavy atom. The van der Waals surface area contributed by atoms with Crippen LogP contribution in [0.1, 0.15) is 33.4 Å². The first kappa shape index (κ1) is 14.3. The summed E-state index contributed by atoms with van der Waals surface area (Å²) in [6, 6.07) is 1.52. The van der Waals surface area contributed by atoms with Crippen molar-refractivity contribution in [1.82, 2.24) is 9.97 Å². The van der Waals surface area contributed by atoms with Crippen molar-refractivity contribution in [2.45, 2.75) is 51.1 Å². The van der Waals surface area contributed by atoms with Gasteiger partial charge in [-0.2, -0.15) is 0 Å². The molecule has 1 heterocycles. The number of thioether (sulfide) groups is 1. The van der Waals surface area contributed by atoms with Gasteiger partial charge in [-0.25, -0.2) is 4.98 Å². The van der Waals surface area contributed by atoms with E-state index in [4.69, 9.17) is 5.73 Å². The molecule has 0 fully saturated rings. The highest BCUT2D eigenvalue weighted by atomic mass is 32.2. The molecule has 0 aromatic carbocycles. The lowest BCUT2D eigenvalue weighted by atomic mass is 9.88. The number of aryl methyl sites for hydroxylation is 1. The maximum atomic E-state index is 11.4. The van der Waals surface area contributed by atoms with Gasteiger partial charge in [0.05, 0.1) is 0 Å². The fraction of sp³-hybridized carbons (Fsp3) is 0.667. The molecule has 1 aromatic heterocycles. The molecular weight excluding hydrogens is 234 g/mol. The standard InChI is InChI=1S/C12H21N3OS/c1-7-6-9(16)15-11(14-7)17-10(8(2)13)12(3,4)5/h6,8,10H,13H2,1-5H3,(H,14,15,16). The van der Waals surface area contributed by atoms with Crippen LogP contribution in [0, 0.1) is 12.3 Å². The second-order valence-corrected chi connectivity index (χ2v) is 6.59. The zero-order chi connectivity index (χ0) is 13.2. The second kappa shape index (κ2) is 5.23. The smallest absolute Gasteiger partial charge is 0.251 e. The summed E-state index contributed by atoms with van der Waals surface area (Å²) < 4.78 is 0. The van der Waals surface area contributed by atoms with Crippen LogP contribution in [-0.2, 0) is 0 Å². The molecule has 4 nitrogen and oxygen atoms in total. The Hall–Kier alpha value is -0.810. The zero-order valence-electron chi connectivity index (χ0n) is 11.1. The number of nitrogens with one attached hydrogen (secondary N) is 1. The molecule has 96 valence electrons. The van der Waals surface area contributed by atoms with Crippen LogP contribution >= 0.6 is 11.8 Å². The fourth-order valence-electron chi connectivity index (χ4n) is 1.80. The molecule has 1 aromatic rings. The van der Waals surface area contributed by atoms with Crippen LogP contribution in [0.5, 0.6) is 0 Å². The molecule has 0 saturated carbocycles. The monoisotopic (exact) mass is 255 g/mol. The van der Waals surface area contributed by atoms with Crippen molar-refractivity contribution in [3.05, 3.63) is 22.1 Å². The molecule has 0 bridgehead atoms. The van der Waals surface area contributed by atoms with E-state index in [0.717, 1.165) is 5.69 Å². The van der Waals surface area contributed by atoms with E-state index in [9.17, 15) is 4.79 Å².